The van der Waals surface area contributed by atoms with Crippen molar-refractivity contribution < 1.29 is 4.42 Å². The molecular weight excluding hydrogens is 228 g/mol. The second-order valence-corrected chi connectivity index (χ2v) is 4.73. The molecule has 1 fully saturated rings. The van der Waals surface area contributed by atoms with E-state index in [1.807, 2.05) is 6.92 Å². The molecule has 2 heterocycles. The van der Waals surface area contributed by atoms with E-state index >= 15 is 0 Å². The van der Waals surface area contributed by atoms with Crippen molar-refractivity contribution in [2.75, 3.05) is 0 Å². The molecule has 1 aliphatic rings. The molecule has 0 radical (unpaired) electrons. The second-order valence-electron chi connectivity index (χ2n) is 4.73. The monoisotopic (exact) mass is 246 g/mol. The van der Waals surface area contributed by atoms with Gasteiger partial charge in [-0.15, -0.1) is 10.2 Å². The number of hydrogen-bond acceptors (Lipinski definition) is 4. The molecule has 96 valence electrons. The van der Waals surface area contributed by atoms with Crippen LogP contribution in [-0.4, -0.2) is 20.8 Å². The molecule has 1 N–H and O–H groups in total. The lowest BCUT2D eigenvalue weighted by Gasteiger charge is -2.07. The maximum Gasteiger partial charge on any atom is 0.236 e. The molecule has 2 aromatic rings. The van der Waals surface area contributed by atoms with Crippen LogP contribution in [0.1, 0.15) is 37.2 Å². The number of aryl methyl sites for hydroxylation is 1. The zero-order valence-corrected chi connectivity index (χ0v) is 10.6. The van der Waals surface area contributed by atoms with Crippen LogP contribution in [0.2, 0.25) is 0 Å². The van der Waals surface area contributed by atoms with Gasteiger partial charge >= 0.3 is 0 Å². The fourth-order valence-electron chi connectivity index (χ4n) is 1.94. The number of aromatic nitrogens is 3. The Morgan fingerprint density at radius 1 is 1.39 bits per heavy atom. The molecule has 1 aliphatic carbocycles. The highest BCUT2D eigenvalue weighted by Crippen LogP contribution is 2.19. The largest absolute Gasteiger partial charge is 0.423 e. The Balaban J connectivity index is 1.65. The summed E-state index contributed by atoms with van der Waals surface area (Å²) in [4.78, 5) is 0. The SMILES string of the molecule is CCc1nnc(Cn2cccc2CNC2CC2)o1. The average Bonchev–Trinajstić information content (AvgIpc) is 2.93. The minimum absolute atomic E-state index is 0.654. The van der Waals surface area contributed by atoms with Gasteiger partial charge in [-0.2, -0.15) is 0 Å². The third-order valence-electron chi connectivity index (χ3n) is 3.19. The highest BCUT2D eigenvalue weighted by Gasteiger charge is 2.20. The van der Waals surface area contributed by atoms with E-state index in [1.54, 1.807) is 0 Å². The predicted molar refractivity (Wildman–Crippen MR) is 67.1 cm³/mol. The molecule has 1 saturated carbocycles. The van der Waals surface area contributed by atoms with Gasteiger partial charge in [0.15, 0.2) is 0 Å². The molecule has 0 bridgehead atoms. The van der Waals surface area contributed by atoms with E-state index in [1.165, 1.54) is 18.5 Å². The van der Waals surface area contributed by atoms with Gasteiger partial charge in [-0.25, -0.2) is 0 Å². The van der Waals surface area contributed by atoms with Crippen molar-refractivity contribution in [1.29, 1.82) is 0 Å². The van der Waals surface area contributed by atoms with E-state index in [0.717, 1.165) is 19.0 Å². The van der Waals surface area contributed by atoms with E-state index in [9.17, 15) is 0 Å². The van der Waals surface area contributed by atoms with Gasteiger partial charge in [0, 0.05) is 30.9 Å². The average molecular weight is 246 g/mol. The third kappa shape index (κ3) is 2.61. The summed E-state index contributed by atoms with van der Waals surface area (Å²) in [7, 11) is 0. The van der Waals surface area contributed by atoms with Crippen LogP contribution in [0.5, 0.6) is 0 Å². The van der Waals surface area contributed by atoms with Gasteiger partial charge in [-0.05, 0) is 25.0 Å². The molecule has 5 heteroatoms. The summed E-state index contributed by atoms with van der Waals surface area (Å²) in [6.07, 6.45) is 5.46. The summed E-state index contributed by atoms with van der Waals surface area (Å²) in [5.74, 6) is 1.38. The van der Waals surface area contributed by atoms with Crippen molar-refractivity contribution in [3.8, 4) is 0 Å². The third-order valence-corrected chi connectivity index (χ3v) is 3.19. The first kappa shape index (κ1) is 11.5. The summed E-state index contributed by atoms with van der Waals surface area (Å²) in [5, 5.41) is 11.6. The van der Waals surface area contributed by atoms with Gasteiger partial charge in [0.25, 0.3) is 0 Å². The fraction of sp³-hybridized carbons (Fsp3) is 0.538. The quantitative estimate of drug-likeness (QED) is 0.843. The first-order valence-electron chi connectivity index (χ1n) is 6.54. The van der Waals surface area contributed by atoms with Crippen LogP contribution in [0, 0.1) is 0 Å². The Kier molecular flexibility index (Phi) is 3.15. The number of rotatable bonds is 6. The van der Waals surface area contributed by atoms with Gasteiger partial charge in [-0.1, -0.05) is 6.92 Å². The van der Waals surface area contributed by atoms with E-state index in [-0.39, 0.29) is 0 Å². The number of nitrogens with one attached hydrogen (secondary N) is 1. The summed E-state index contributed by atoms with van der Waals surface area (Å²) in [5.41, 5.74) is 1.26. The van der Waals surface area contributed by atoms with Gasteiger partial charge in [0.05, 0.1) is 0 Å². The van der Waals surface area contributed by atoms with Crippen molar-refractivity contribution in [2.45, 2.75) is 45.3 Å². The lowest BCUT2D eigenvalue weighted by Crippen LogP contribution is -2.18. The molecule has 18 heavy (non-hydrogen) atoms. The Morgan fingerprint density at radius 2 is 2.22 bits per heavy atom. The molecule has 0 atom stereocenters. The van der Waals surface area contributed by atoms with Crippen LogP contribution in [0.25, 0.3) is 0 Å². The van der Waals surface area contributed by atoms with Crippen LogP contribution in [0.3, 0.4) is 0 Å². The van der Waals surface area contributed by atoms with Gasteiger partial charge in [0.2, 0.25) is 11.8 Å². The second kappa shape index (κ2) is 4.94. The number of nitrogens with zero attached hydrogens (tertiary/aromatic N) is 3. The molecule has 0 amide bonds. The Bertz CT molecular complexity index is 513. The first-order valence-corrected chi connectivity index (χ1v) is 6.54. The van der Waals surface area contributed by atoms with Crippen molar-refractivity contribution in [2.24, 2.45) is 0 Å². The van der Waals surface area contributed by atoms with Crippen molar-refractivity contribution in [1.82, 2.24) is 20.1 Å². The van der Waals surface area contributed by atoms with E-state index in [0.29, 0.717) is 18.3 Å². The molecule has 0 spiro atoms. The smallest absolute Gasteiger partial charge is 0.236 e. The fourth-order valence-corrected chi connectivity index (χ4v) is 1.94. The minimum Gasteiger partial charge on any atom is -0.423 e. The van der Waals surface area contributed by atoms with Crippen molar-refractivity contribution in [3.63, 3.8) is 0 Å². The molecule has 3 rings (SSSR count). The summed E-state index contributed by atoms with van der Waals surface area (Å²) in [6.45, 7) is 3.58. The Hall–Kier alpha value is -1.62. The molecular formula is C13H18N4O. The summed E-state index contributed by atoms with van der Waals surface area (Å²) < 4.78 is 7.69. The first-order chi connectivity index (χ1) is 8.85. The van der Waals surface area contributed by atoms with Crippen LogP contribution < -0.4 is 5.32 Å². The molecule has 5 nitrogen and oxygen atoms in total. The van der Waals surface area contributed by atoms with Gasteiger partial charge in [-0.3, -0.25) is 0 Å². The zero-order chi connectivity index (χ0) is 12.4. The highest BCUT2D eigenvalue weighted by molar-refractivity contribution is 5.09. The van der Waals surface area contributed by atoms with Crippen molar-refractivity contribution >= 4 is 0 Å². The van der Waals surface area contributed by atoms with E-state index in [2.05, 4.69) is 38.4 Å². The standard InChI is InChI=1S/C13H18N4O/c1-2-12-15-16-13(18-12)9-17-7-3-4-11(17)8-14-10-5-6-10/h3-4,7,10,14H,2,5-6,8-9H2,1H3. The van der Waals surface area contributed by atoms with Gasteiger partial charge < -0.3 is 14.3 Å². The number of hydrogen-bond donors (Lipinski definition) is 1. The molecule has 0 saturated heterocycles. The molecule has 2 aromatic heterocycles. The molecule has 0 aliphatic heterocycles. The Labute approximate surface area is 106 Å². The molecule has 0 aromatic carbocycles. The summed E-state index contributed by atoms with van der Waals surface area (Å²) >= 11 is 0. The lowest BCUT2D eigenvalue weighted by atomic mass is 10.4. The molecule has 0 unspecified atom stereocenters. The van der Waals surface area contributed by atoms with Crippen LogP contribution >= 0.6 is 0 Å². The van der Waals surface area contributed by atoms with Gasteiger partial charge in [0.1, 0.15) is 6.54 Å². The maximum atomic E-state index is 5.54. The highest BCUT2D eigenvalue weighted by atomic mass is 16.4. The van der Waals surface area contributed by atoms with Crippen LogP contribution in [0.4, 0.5) is 0 Å². The predicted octanol–water partition coefficient (Wildman–Crippen LogP) is 1.73. The minimum atomic E-state index is 0.654. The maximum absolute atomic E-state index is 5.54. The van der Waals surface area contributed by atoms with E-state index in [4.69, 9.17) is 4.42 Å². The Morgan fingerprint density at radius 3 is 2.94 bits per heavy atom. The van der Waals surface area contributed by atoms with E-state index < -0.39 is 0 Å². The zero-order valence-electron chi connectivity index (χ0n) is 10.6. The van der Waals surface area contributed by atoms with Crippen molar-refractivity contribution in [3.05, 3.63) is 35.8 Å². The van der Waals surface area contributed by atoms with Crippen LogP contribution in [-0.2, 0) is 19.5 Å². The summed E-state index contributed by atoms with van der Waals surface area (Å²) in [6, 6.07) is 4.91. The van der Waals surface area contributed by atoms with Crippen LogP contribution in [0.15, 0.2) is 22.7 Å². The normalized spacial score (nSPS) is 15.2. The topological polar surface area (TPSA) is 55.9 Å². The lowest BCUT2D eigenvalue weighted by molar-refractivity contribution is 0.439.